The van der Waals surface area contributed by atoms with Crippen molar-refractivity contribution in [2.75, 3.05) is 0 Å². The van der Waals surface area contributed by atoms with Gasteiger partial charge in [0.25, 0.3) is 0 Å². The smallest absolute Gasteiger partial charge is 0.329 e. The van der Waals surface area contributed by atoms with Crippen LogP contribution in [-0.2, 0) is 17.8 Å². The number of urea groups is 1. The Morgan fingerprint density at radius 2 is 2.10 bits per heavy atom. The van der Waals surface area contributed by atoms with Crippen LogP contribution in [0.1, 0.15) is 48.9 Å². The first-order valence-electron chi connectivity index (χ1n) is 7.29. The van der Waals surface area contributed by atoms with E-state index in [1.165, 1.54) is 4.88 Å². The third-order valence-electron chi connectivity index (χ3n) is 3.82. The van der Waals surface area contributed by atoms with Crippen molar-refractivity contribution in [1.29, 1.82) is 0 Å². The summed E-state index contributed by atoms with van der Waals surface area (Å²) in [7, 11) is 0. The molecule has 0 radical (unpaired) electrons. The van der Waals surface area contributed by atoms with Gasteiger partial charge < -0.3 is 15.7 Å². The molecule has 0 bridgehead atoms. The standard InChI is InChI=1S/C14H21N3O3S/c1-2-10-8-15-11(21-10)9-16-13(20)17-14(12(18)19)6-4-3-5-7-14/h8H,2-7,9H2,1H3,(H,18,19)(H2,16,17,20). The highest BCUT2D eigenvalue weighted by molar-refractivity contribution is 7.11. The van der Waals surface area contributed by atoms with Crippen LogP contribution in [0.15, 0.2) is 6.20 Å². The molecule has 21 heavy (non-hydrogen) atoms. The van der Waals surface area contributed by atoms with Crippen LogP contribution in [0.3, 0.4) is 0 Å². The Bertz CT molecular complexity index is 509. The number of aromatic nitrogens is 1. The van der Waals surface area contributed by atoms with Gasteiger partial charge in [0, 0.05) is 11.1 Å². The summed E-state index contributed by atoms with van der Waals surface area (Å²) in [5.74, 6) is -0.945. The molecule has 2 rings (SSSR count). The van der Waals surface area contributed by atoms with Crippen molar-refractivity contribution in [2.24, 2.45) is 0 Å². The predicted molar refractivity (Wildman–Crippen MR) is 80.3 cm³/mol. The second kappa shape index (κ2) is 6.89. The van der Waals surface area contributed by atoms with E-state index in [2.05, 4.69) is 22.5 Å². The van der Waals surface area contributed by atoms with Crippen LogP contribution in [0, 0.1) is 0 Å². The van der Waals surface area contributed by atoms with E-state index in [9.17, 15) is 14.7 Å². The molecule has 1 fully saturated rings. The largest absolute Gasteiger partial charge is 0.480 e. The highest BCUT2D eigenvalue weighted by Gasteiger charge is 2.40. The molecule has 1 aromatic rings. The molecule has 0 spiro atoms. The van der Waals surface area contributed by atoms with Crippen molar-refractivity contribution < 1.29 is 14.7 Å². The Morgan fingerprint density at radius 3 is 2.67 bits per heavy atom. The van der Waals surface area contributed by atoms with E-state index >= 15 is 0 Å². The average Bonchev–Trinajstić information content (AvgIpc) is 2.94. The normalized spacial score (nSPS) is 17.2. The number of amides is 2. The molecule has 0 aromatic carbocycles. The number of carbonyl (C=O) groups excluding carboxylic acids is 1. The summed E-state index contributed by atoms with van der Waals surface area (Å²) in [5, 5.41) is 15.6. The number of hydrogen-bond acceptors (Lipinski definition) is 4. The molecule has 1 saturated carbocycles. The third-order valence-corrected chi connectivity index (χ3v) is 4.96. The van der Waals surface area contributed by atoms with Crippen LogP contribution in [0.4, 0.5) is 4.79 Å². The molecule has 0 unspecified atom stereocenters. The minimum atomic E-state index is -1.11. The van der Waals surface area contributed by atoms with Crippen LogP contribution >= 0.6 is 11.3 Å². The summed E-state index contributed by atoms with van der Waals surface area (Å²) in [6.45, 7) is 2.38. The molecule has 0 saturated heterocycles. The fourth-order valence-electron chi connectivity index (χ4n) is 2.56. The van der Waals surface area contributed by atoms with E-state index in [4.69, 9.17) is 0 Å². The topological polar surface area (TPSA) is 91.3 Å². The summed E-state index contributed by atoms with van der Waals surface area (Å²) < 4.78 is 0. The summed E-state index contributed by atoms with van der Waals surface area (Å²) in [6, 6.07) is -0.437. The lowest BCUT2D eigenvalue weighted by atomic mass is 9.82. The minimum absolute atomic E-state index is 0.326. The van der Waals surface area contributed by atoms with Gasteiger partial charge >= 0.3 is 12.0 Å². The van der Waals surface area contributed by atoms with E-state index < -0.39 is 17.5 Å². The van der Waals surface area contributed by atoms with Crippen LogP contribution in [0.5, 0.6) is 0 Å². The number of hydrogen-bond donors (Lipinski definition) is 3. The fourth-order valence-corrected chi connectivity index (χ4v) is 3.36. The zero-order valence-corrected chi connectivity index (χ0v) is 13.0. The number of aryl methyl sites for hydroxylation is 1. The first kappa shape index (κ1) is 15.8. The first-order chi connectivity index (χ1) is 10.1. The summed E-state index contributed by atoms with van der Waals surface area (Å²) in [5.41, 5.74) is -1.11. The lowest BCUT2D eigenvalue weighted by Gasteiger charge is -2.33. The van der Waals surface area contributed by atoms with E-state index in [-0.39, 0.29) is 0 Å². The van der Waals surface area contributed by atoms with Gasteiger partial charge in [-0.05, 0) is 19.3 Å². The molecule has 2 amide bonds. The average molecular weight is 311 g/mol. The molecule has 0 atom stereocenters. The molecule has 6 nitrogen and oxygen atoms in total. The van der Waals surface area contributed by atoms with Crippen molar-refractivity contribution >= 4 is 23.3 Å². The maximum absolute atomic E-state index is 12.0. The highest BCUT2D eigenvalue weighted by atomic mass is 32.1. The van der Waals surface area contributed by atoms with Crippen molar-refractivity contribution in [2.45, 2.75) is 57.5 Å². The molecule has 0 aliphatic heterocycles. The van der Waals surface area contributed by atoms with Crippen LogP contribution in [0.25, 0.3) is 0 Å². The highest BCUT2D eigenvalue weighted by Crippen LogP contribution is 2.28. The van der Waals surface area contributed by atoms with Crippen molar-refractivity contribution in [3.8, 4) is 0 Å². The van der Waals surface area contributed by atoms with Gasteiger partial charge in [0.1, 0.15) is 10.5 Å². The molecule has 116 valence electrons. The molecule has 1 aromatic heterocycles. The molecule has 1 aliphatic carbocycles. The van der Waals surface area contributed by atoms with Gasteiger partial charge in [0.15, 0.2) is 0 Å². The molecular weight excluding hydrogens is 290 g/mol. The molecule has 3 N–H and O–H groups in total. The number of carboxylic acids is 1. The fraction of sp³-hybridized carbons (Fsp3) is 0.643. The van der Waals surface area contributed by atoms with Crippen LogP contribution in [-0.4, -0.2) is 27.6 Å². The Hall–Kier alpha value is -1.63. The van der Waals surface area contributed by atoms with Gasteiger partial charge in [-0.25, -0.2) is 14.6 Å². The monoisotopic (exact) mass is 311 g/mol. The number of thiazole rings is 1. The summed E-state index contributed by atoms with van der Waals surface area (Å²) >= 11 is 1.56. The van der Waals surface area contributed by atoms with E-state index in [0.717, 1.165) is 30.7 Å². The maximum Gasteiger partial charge on any atom is 0.329 e. The lowest BCUT2D eigenvalue weighted by Crippen LogP contribution is -2.57. The van der Waals surface area contributed by atoms with E-state index in [1.54, 1.807) is 17.5 Å². The number of aliphatic carboxylic acids is 1. The van der Waals surface area contributed by atoms with E-state index in [0.29, 0.717) is 19.4 Å². The van der Waals surface area contributed by atoms with Gasteiger partial charge in [0.05, 0.1) is 6.54 Å². The number of rotatable bonds is 5. The Balaban J connectivity index is 1.89. The third kappa shape index (κ3) is 3.93. The number of nitrogens with zero attached hydrogens (tertiary/aromatic N) is 1. The van der Waals surface area contributed by atoms with Gasteiger partial charge in [-0.3, -0.25) is 0 Å². The zero-order chi connectivity index (χ0) is 15.3. The second-order valence-electron chi connectivity index (χ2n) is 5.33. The molecule has 1 aliphatic rings. The number of nitrogens with one attached hydrogen (secondary N) is 2. The van der Waals surface area contributed by atoms with Gasteiger partial charge in [-0.1, -0.05) is 26.2 Å². The van der Waals surface area contributed by atoms with Gasteiger partial charge in [0.2, 0.25) is 0 Å². The Kier molecular flexibility index (Phi) is 5.17. The lowest BCUT2D eigenvalue weighted by molar-refractivity contribution is -0.145. The Labute approximate surface area is 128 Å². The quantitative estimate of drug-likeness (QED) is 0.778. The Morgan fingerprint density at radius 1 is 1.38 bits per heavy atom. The van der Waals surface area contributed by atoms with Crippen molar-refractivity contribution in [3.05, 3.63) is 16.1 Å². The summed E-state index contributed by atoms with van der Waals surface area (Å²) in [4.78, 5) is 28.8. The van der Waals surface area contributed by atoms with Crippen LogP contribution < -0.4 is 10.6 Å². The molecule has 1 heterocycles. The van der Waals surface area contributed by atoms with E-state index in [1.807, 2.05) is 0 Å². The SMILES string of the molecule is CCc1cnc(CNC(=O)NC2(C(=O)O)CCCCC2)s1. The van der Waals surface area contributed by atoms with Crippen molar-refractivity contribution in [3.63, 3.8) is 0 Å². The van der Waals surface area contributed by atoms with Crippen molar-refractivity contribution in [1.82, 2.24) is 15.6 Å². The minimum Gasteiger partial charge on any atom is -0.480 e. The van der Waals surface area contributed by atoms with Gasteiger partial charge in [-0.15, -0.1) is 11.3 Å². The molecule has 7 heteroatoms. The van der Waals surface area contributed by atoms with Gasteiger partial charge in [-0.2, -0.15) is 0 Å². The first-order valence-corrected chi connectivity index (χ1v) is 8.10. The second-order valence-corrected chi connectivity index (χ2v) is 6.53. The molecular formula is C14H21N3O3S. The summed E-state index contributed by atoms with van der Waals surface area (Å²) in [6.07, 6.45) is 6.40. The number of carboxylic acid groups (broad SMARTS) is 1. The predicted octanol–water partition coefficient (Wildman–Crippen LogP) is 2.29. The number of carbonyl (C=O) groups is 2. The maximum atomic E-state index is 12.0. The zero-order valence-electron chi connectivity index (χ0n) is 12.1. The van der Waals surface area contributed by atoms with Crippen LogP contribution in [0.2, 0.25) is 0 Å².